The molecule has 1 unspecified atom stereocenters. The van der Waals surface area contributed by atoms with Crippen LogP contribution in [0.4, 0.5) is 4.39 Å². The van der Waals surface area contributed by atoms with Gasteiger partial charge in [0, 0.05) is 17.7 Å². The largest absolute Gasteiger partial charge is 0.760 e. The van der Waals surface area contributed by atoms with E-state index < -0.39 is 23.5 Å². The fourth-order valence-electron chi connectivity index (χ4n) is 2.19. The highest BCUT2D eigenvalue weighted by molar-refractivity contribution is 7.76. The summed E-state index contributed by atoms with van der Waals surface area (Å²) in [5.74, 6) is 2.24. The van der Waals surface area contributed by atoms with Gasteiger partial charge in [-0.05, 0) is 11.1 Å². The summed E-state index contributed by atoms with van der Waals surface area (Å²) in [6, 6.07) is 6.35. The van der Waals surface area contributed by atoms with E-state index in [9.17, 15) is 13.2 Å². The summed E-state index contributed by atoms with van der Waals surface area (Å²) in [7, 11) is 0. The SMILES string of the molecule is C#CCN([C@H]1c2ccccc2C[C@@H]1F)S(=O)[O-]. The van der Waals surface area contributed by atoms with E-state index in [0.717, 1.165) is 9.87 Å². The van der Waals surface area contributed by atoms with Crippen LogP contribution in [0.5, 0.6) is 0 Å². The summed E-state index contributed by atoms with van der Waals surface area (Å²) in [4.78, 5) is 0. The molecule has 2 rings (SSSR count). The second-order valence-corrected chi connectivity index (χ2v) is 4.76. The monoisotopic (exact) mass is 252 g/mol. The van der Waals surface area contributed by atoms with Gasteiger partial charge in [0.1, 0.15) is 6.17 Å². The molecule has 0 saturated heterocycles. The van der Waals surface area contributed by atoms with E-state index in [0.29, 0.717) is 5.56 Å². The molecule has 0 spiro atoms. The first-order valence-corrected chi connectivity index (χ1v) is 6.19. The maximum Gasteiger partial charge on any atom is 0.125 e. The van der Waals surface area contributed by atoms with Crippen molar-refractivity contribution in [3.63, 3.8) is 0 Å². The van der Waals surface area contributed by atoms with Gasteiger partial charge in [-0.1, -0.05) is 30.2 Å². The Morgan fingerprint density at radius 1 is 1.59 bits per heavy atom. The van der Waals surface area contributed by atoms with Crippen molar-refractivity contribution in [2.75, 3.05) is 6.54 Å². The molecule has 0 bridgehead atoms. The molecule has 1 aliphatic rings. The normalized spacial score (nSPS) is 24.4. The predicted octanol–water partition coefficient (Wildman–Crippen LogP) is 1.35. The number of alkyl halides is 1. The molecule has 0 heterocycles. The number of terminal acetylenes is 1. The number of hydrogen-bond acceptors (Lipinski definition) is 2. The maximum absolute atomic E-state index is 13.9. The molecular weight excluding hydrogens is 241 g/mol. The molecule has 17 heavy (non-hydrogen) atoms. The van der Waals surface area contributed by atoms with Crippen LogP contribution in [0.2, 0.25) is 0 Å². The Kier molecular flexibility index (Phi) is 3.57. The van der Waals surface area contributed by atoms with Crippen LogP contribution < -0.4 is 0 Å². The first-order chi connectivity index (χ1) is 8.15. The lowest BCUT2D eigenvalue weighted by atomic mass is 10.1. The molecule has 0 aliphatic heterocycles. The Balaban J connectivity index is 2.38. The summed E-state index contributed by atoms with van der Waals surface area (Å²) >= 11 is -2.52. The number of halogens is 1. The van der Waals surface area contributed by atoms with Crippen molar-refractivity contribution in [2.45, 2.75) is 18.6 Å². The van der Waals surface area contributed by atoms with E-state index in [-0.39, 0.29) is 13.0 Å². The standard InChI is InChI=1S/C12H12FNO2S/c1-2-7-14(17(15)16)12-10-6-4-3-5-9(10)8-11(12)13/h1,3-6,11-12H,7-8H2,(H,15,16)/p-1/t11-,12-/m0/s1. The molecule has 0 radical (unpaired) electrons. The van der Waals surface area contributed by atoms with Gasteiger partial charge in [-0.15, -0.1) is 6.42 Å². The van der Waals surface area contributed by atoms with Crippen molar-refractivity contribution in [1.29, 1.82) is 0 Å². The van der Waals surface area contributed by atoms with Gasteiger partial charge in [0.25, 0.3) is 0 Å². The highest BCUT2D eigenvalue weighted by Gasteiger charge is 2.36. The predicted molar refractivity (Wildman–Crippen MR) is 62.2 cm³/mol. The van der Waals surface area contributed by atoms with Crippen LogP contribution in [0.25, 0.3) is 0 Å². The van der Waals surface area contributed by atoms with Crippen molar-refractivity contribution >= 4 is 11.3 Å². The molecule has 0 fully saturated rings. The molecule has 1 aromatic rings. The molecule has 0 amide bonds. The zero-order valence-corrected chi connectivity index (χ0v) is 9.82. The van der Waals surface area contributed by atoms with Crippen molar-refractivity contribution in [3.8, 4) is 12.3 Å². The molecule has 90 valence electrons. The van der Waals surface area contributed by atoms with E-state index in [1.54, 1.807) is 12.1 Å². The molecule has 5 heteroatoms. The van der Waals surface area contributed by atoms with Gasteiger partial charge in [0.05, 0.1) is 12.6 Å². The molecule has 3 nitrogen and oxygen atoms in total. The molecule has 0 N–H and O–H groups in total. The summed E-state index contributed by atoms with van der Waals surface area (Å²) < 4.78 is 37.1. The van der Waals surface area contributed by atoms with Crippen molar-refractivity contribution in [1.82, 2.24) is 4.31 Å². The van der Waals surface area contributed by atoms with Crippen molar-refractivity contribution in [2.24, 2.45) is 0 Å². The Hall–Kier alpha value is -1.22. The second-order valence-electron chi connectivity index (χ2n) is 3.86. The van der Waals surface area contributed by atoms with Gasteiger partial charge in [0.2, 0.25) is 0 Å². The van der Waals surface area contributed by atoms with Crippen molar-refractivity contribution in [3.05, 3.63) is 35.4 Å². The number of fused-ring (bicyclic) bond motifs is 1. The number of benzene rings is 1. The van der Waals surface area contributed by atoms with Gasteiger partial charge in [-0.25, -0.2) is 8.70 Å². The highest BCUT2D eigenvalue weighted by atomic mass is 32.2. The zero-order chi connectivity index (χ0) is 12.4. The van der Waals surface area contributed by atoms with Gasteiger partial charge in [-0.3, -0.25) is 4.21 Å². The minimum atomic E-state index is -2.52. The summed E-state index contributed by atoms with van der Waals surface area (Å²) in [5.41, 5.74) is 1.55. The number of rotatable bonds is 3. The lowest BCUT2D eigenvalue weighted by Crippen LogP contribution is -2.34. The van der Waals surface area contributed by atoms with Crippen molar-refractivity contribution < 1.29 is 13.2 Å². The van der Waals surface area contributed by atoms with E-state index in [1.807, 2.05) is 12.1 Å². The van der Waals surface area contributed by atoms with Gasteiger partial charge < -0.3 is 4.55 Å². The third-order valence-electron chi connectivity index (χ3n) is 2.88. The third kappa shape index (κ3) is 2.25. The van der Waals surface area contributed by atoms with Crippen LogP contribution in [0, 0.1) is 12.3 Å². The van der Waals surface area contributed by atoms with E-state index in [2.05, 4.69) is 5.92 Å². The summed E-state index contributed by atoms with van der Waals surface area (Å²) in [6.07, 6.45) is 4.11. The molecule has 0 aromatic heterocycles. The van der Waals surface area contributed by atoms with Crippen LogP contribution in [0.1, 0.15) is 17.2 Å². The topological polar surface area (TPSA) is 43.4 Å². The first-order valence-electron chi connectivity index (χ1n) is 5.16. The van der Waals surface area contributed by atoms with E-state index >= 15 is 0 Å². The third-order valence-corrected chi connectivity index (χ3v) is 3.62. The van der Waals surface area contributed by atoms with E-state index in [4.69, 9.17) is 6.42 Å². The highest BCUT2D eigenvalue weighted by Crippen LogP contribution is 2.38. The lowest BCUT2D eigenvalue weighted by molar-refractivity contribution is 0.204. The molecular formula is C12H11FNO2S-. The fraction of sp³-hybridized carbons (Fsp3) is 0.333. The van der Waals surface area contributed by atoms with Gasteiger partial charge >= 0.3 is 0 Å². The van der Waals surface area contributed by atoms with Crippen LogP contribution in [-0.4, -0.2) is 25.8 Å². The average molecular weight is 252 g/mol. The Morgan fingerprint density at radius 2 is 2.29 bits per heavy atom. The summed E-state index contributed by atoms with van der Waals surface area (Å²) in [5, 5.41) is 0. The number of nitrogens with zero attached hydrogens (tertiary/aromatic N) is 1. The lowest BCUT2D eigenvalue weighted by Gasteiger charge is -2.30. The smallest absolute Gasteiger partial charge is 0.125 e. The Labute approximate surface area is 102 Å². The Bertz CT molecular complexity index is 486. The molecule has 3 atom stereocenters. The minimum absolute atomic E-state index is 0.116. The molecule has 1 aromatic carbocycles. The average Bonchev–Trinajstić information content (AvgIpc) is 2.62. The van der Waals surface area contributed by atoms with Crippen LogP contribution in [0.3, 0.4) is 0 Å². The quantitative estimate of drug-likeness (QED) is 0.602. The minimum Gasteiger partial charge on any atom is -0.760 e. The second kappa shape index (κ2) is 4.96. The molecule has 0 saturated carbocycles. The van der Waals surface area contributed by atoms with Gasteiger partial charge in [-0.2, -0.15) is 0 Å². The number of hydrogen-bond donors (Lipinski definition) is 0. The van der Waals surface area contributed by atoms with Crippen LogP contribution in [0.15, 0.2) is 24.3 Å². The van der Waals surface area contributed by atoms with Gasteiger partial charge in [0.15, 0.2) is 0 Å². The summed E-state index contributed by atoms with van der Waals surface area (Å²) in [6.45, 7) is -0.116. The maximum atomic E-state index is 13.9. The fourth-order valence-corrected chi connectivity index (χ4v) is 2.81. The Morgan fingerprint density at radius 3 is 2.94 bits per heavy atom. The van der Waals surface area contributed by atoms with Crippen LogP contribution in [-0.2, 0) is 17.7 Å². The first kappa shape index (κ1) is 12.2. The van der Waals surface area contributed by atoms with E-state index in [1.165, 1.54) is 0 Å². The zero-order valence-electron chi connectivity index (χ0n) is 9.01. The molecule has 1 aliphatic carbocycles. The van der Waals surface area contributed by atoms with Crippen LogP contribution >= 0.6 is 0 Å².